The van der Waals surface area contributed by atoms with E-state index in [0.717, 1.165) is 51.0 Å². The summed E-state index contributed by atoms with van der Waals surface area (Å²) in [5.74, 6) is 1.03. The van der Waals surface area contributed by atoms with E-state index < -0.39 is 0 Å². The number of hydrogen-bond acceptors (Lipinski definition) is 2. The van der Waals surface area contributed by atoms with Gasteiger partial charge in [-0.2, -0.15) is 0 Å². The van der Waals surface area contributed by atoms with Crippen molar-refractivity contribution in [3.8, 4) is 0 Å². The Labute approximate surface area is 105 Å². The summed E-state index contributed by atoms with van der Waals surface area (Å²) in [5, 5.41) is 8.19. The maximum Gasteiger partial charge on any atom is 0.103 e. The summed E-state index contributed by atoms with van der Waals surface area (Å²) in [5.41, 5.74) is 1.03. The first kappa shape index (κ1) is 14.0. The van der Waals surface area contributed by atoms with E-state index in [1.165, 1.54) is 0 Å². The molecule has 1 aliphatic rings. The van der Waals surface area contributed by atoms with E-state index in [-0.39, 0.29) is 0 Å². The Morgan fingerprint density at radius 2 is 2.12 bits per heavy atom. The van der Waals surface area contributed by atoms with E-state index in [9.17, 15) is 0 Å². The zero-order chi connectivity index (χ0) is 12.7. The molecular weight excluding hydrogens is 212 g/mol. The van der Waals surface area contributed by atoms with E-state index in [1.54, 1.807) is 0 Å². The number of unbranched alkanes of at least 4 members (excludes halogenated alkanes) is 1. The monoisotopic (exact) mass is 236 g/mol. The quantitative estimate of drug-likeness (QED) is 0.333. The van der Waals surface area contributed by atoms with Crippen LogP contribution in [0.5, 0.6) is 0 Å². The smallest absolute Gasteiger partial charge is 0.103 e. The highest BCUT2D eigenvalue weighted by Crippen LogP contribution is 2.20. The van der Waals surface area contributed by atoms with Crippen LogP contribution < -0.4 is 0 Å². The molecule has 96 valence electrons. The van der Waals surface area contributed by atoms with E-state index in [2.05, 4.69) is 13.2 Å². The Hall–Kier alpha value is -1.09. The van der Waals surface area contributed by atoms with E-state index in [1.807, 2.05) is 18.0 Å². The minimum Gasteiger partial charge on any atom is -0.381 e. The summed E-state index contributed by atoms with van der Waals surface area (Å²) < 4.78 is 5.32. The molecule has 3 nitrogen and oxygen atoms in total. The minimum absolute atomic E-state index is 0.338. The lowest BCUT2D eigenvalue weighted by Gasteiger charge is -2.30. The van der Waals surface area contributed by atoms with Crippen LogP contribution in [0.2, 0.25) is 0 Å². The molecule has 1 aliphatic heterocycles. The molecule has 1 fully saturated rings. The first-order valence-electron chi connectivity index (χ1n) is 6.35. The second-order valence-electron chi connectivity index (χ2n) is 4.58. The van der Waals surface area contributed by atoms with Crippen LogP contribution in [0.4, 0.5) is 0 Å². The number of rotatable bonds is 6. The molecule has 0 aromatic rings. The molecule has 0 aromatic heterocycles. The van der Waals surface area contributed by atoms with Gasteiger partial charge in [-0.3, -0.25) is 5.41 Å². The van der Waals surface area contributed by atoms with Crippen LogP contribution in [-0.4, -0.2) is 31.0 Å². The van der Waals surface area contributed by atoms with Gasteiger partial charge in [0, 0.05) is 31.9 Å². The Morgan fingerprint density at radius 1 is 1.47 bits per heavy atom. The number of allylic oxidation sites excluding steroid dienone is 2. The van der Waals surface area contributed by atoms with Crippen molar-refractivity contribution in [1.29, 1.82) is 5.41 Å². The predicted molar refractivity (Wildman–Crippen MR) is 72.2 cm³/mol. The Balaban J connectivity index is 2.38. The molecule has 0 aromatic carbocycles. The molecule has 1 heterocycles. The summed E-state index contributed by atoms with van der Waals surface area (Å²) in [4.78, 5) is 1.94. The molecule has 0 saturated carbocycles. The summed E-state index contributed by atoms with van der Waals surface area (Å²) in [6.07, 6.45) is 6.86. The van der Waals surface area contributed by atoms with Crippen molar-refractivity contribution in [1.82, 2.24) is 4.90 Å². The third-order valence-electron chi connectivity index (χ3n) is 3.32. The molecule has 3 heteroatoms. The Morgan fingerprint density at radius 3 is 2.71 bits per heavy atom. The van der Waals surface area contributed by atoms with Crippen LogP contribution in [0.1, 0.15) is 32.1 Å². The Kier molecular flexibility index (Phi) is 5.98. The highest BCUT2D eigenvalue weighted by Gasteiger charge is 2.22. The van der Waals surface area contributed by atoms with Crippen LogP contribution in [0.15, 0.2) is 24.9 Å². The lowest BCUT2D eigenvalue weighted by molar-refractivity contribution is 0.0804. The third kappa shape index (κ3) is 4.35. The maximum absolute atomic E-state index is 8.19. The van der Waals surface area contributed by atoms with Crippen molar-refractivity contribution in [2.45, 2.75) is 32.1 Å². The number of nitrogens with one attached hydrogen (secondary N) is 1. The highest BCUT2D eigenvalue weighted by atomic mass is 16.5. The van der Waals surface area contributed by atoms with Gasteiger partial charge in [0.15, 0.2) is 0 Å². The molecule has 17 heavy (non-hydrogen) atoms. The second kappa shape index (κ2) is 7.28. The molecular formula is C14H24N2O. The van der Waals surface area contributed by atoms with Crippen molar-refractivity contribution in [3.05, 3.63) is 24.9 Å². The summed E-state index contributed by atoms with van der Waals surface area (Å²) >= 11 is 0. The molecule has 0 amide bonds. The third-order valence-corrected chi connectivity index (χ3v) is 3.32. The molecule has 0 radical (unpaired) electrons. The molecule has 0 atom stereocenters. The van der Waals surface area contributed by atoms with Crippen molar-refractivity contribution in [3.63, 3.8) is 0 Å². The molecule has 0 aliphatic carbocycles. The van der Waals surface area contributed by atoms with Gasteiger partial charge in [-0.05, 0) is 32.1 Å². The number of nitrogens with zero attached hydrogens (tertiary/aromatic N) is 1. The molecule has 1 N–H and O–H groups in total. The zero-order valence-electron chi connectivity index (χ0n) is 10.9. The molecule has 0 unspecified atom stereocenters. The summed E-state index contributed by atoms with van der Waals surface area (Å²) in [6, 6.07) is 0. The SMILES string of the molecule is C=CCCCC(=C)N(C)C(=N)C1CCOCC1. The summed E-state index contributed by atoms with van der Waals surface area (Å²) in [7, 11) is 1.95. The fourth-order valence-electron chi connectivity index (χ4n) is 2.03. The van der Waals surface area contributed by atoms with Crippen LogP contribution in [-0.2, 0) is 4.74 Å². The van der Waals surface area contributed by atoms with Gasteiger partial charge in [0.05, 0.1) is 0 Å². The van der Waals surface area contributed by atoms with Crippen molar-refractivity contribution < 1.29 is 4.74 Å². The fraction of sp³-hybridized carbons (Fsp3) is 0.643. The molecule has 1 saturated heterocycles. The van der Waals surface area contributed by atoms with Crippen LogP contribution in [0, 0.1) is 11.3 Å². The van der Waals surface area contributed by atoms with Gasteiger partial charge in [0.25, 0.3) is 0 Å². The first-order chi connectivity index (χ1) is 8.16. The average Bonchev–Trinajstić information content (AvgIpc) is 2.38. The van der Waals surface area contributed by atoms with Gasteiger partial charge in [0.2, 0.25) is 0 Å². The van der Waals surface area contributed by atoms with Gasteiger partial charge in [-0.25, -0.2) is 0 Å². The van der Waals surface area contributed by atoms with Gasteiger partial charge >= 0.3 is 0 Å². The van der Waals surface area contributed by atoms with Crippen molar-refractivity contribution in [2.24, 2.45) is 5.92 Å². The molecule has 0 spiro atoms. The van der Waals surface area contributed by atoms with Gasteiger partial charge in [0.1, 0.15) is 5.84 Å². The van der Waals surface area contributed by atoms with Crippen molar-refractivity contribution in [2.75, 3.05) is 20.3 Å². The average molecular weight is 236 g/mol. The summed E-state index contributed by atoms with van der Waals surface area (Å²) in [6.45, 7) is 9.34. The van der Waals surface area contributed by atoms with Gasteiger partial charge in [-0.15, -0.1) is 6.58 Å². The van der Waals surface area contributed by atoms with Gasteiger partial charge < -0.3 is 9.64 Å². The maximum atomic E-state index is 8.19. The van der Waals surface area contributed by atoms with Crippen molar-refractivity contribution >= 4 is 5.84 Å². The lowest BCUT2D eigenvalue weighted by atomic mass is 9.98. The topological polar surface area (TPSA) is 36.3 Å². The minimum atomic E-state index is 0.338. The van der Waals surface area contributed by atoms with Crippen LogP contribution >= 0.6 is 0 Å². The molecule has 1 rings (SSSR count). The van der Waals surface area contributed by atoms with E-state index in [0.29, 0.717) is 11.8 Å². The first-order valence-corrected chi connectivity index (χ1v) is 6.35. The number of amidine groups is 1. The van der Waals surface area contributed by atoms with Gasteiger partial charge in [-0.1, -0.05) is 12.7 Å². The molecule has 0 bridgehead atoms. The number of ether oxygens (including phenoxy) is 1. The lowest BCUT2D eigenvalue weighted by Crippen LogP contribution is -2.34. The van der Waals surface area contributed by atoms with Crippen LogP contribution in [0.3, 0.4) is 0 Å². The van der Waals surface area contributed by atoms with E-state index in [4.69, 9.17) is 10.1 Å². The fourth-order valence-corrected chi connectivity index (χ4v) is 2.03. The van der Waals surface area contributed by atoms with Crippen LogP contribution in [0.25, 0.3) is 0 Å². The number of hydrogen-bond donors (Lipinski definition) is 1. The Bertz CT molecular complexity index is 280. The highest BCUT2D eigenvalue weighted by molar-refractivity contribution is 5.83. The predicted octanol–water partition coefficient (Wildman–Crippen LogP) is 3.19. The largest absolute Gasteiger partial charge is 0.381 e. The zero-order valence-corrected chi connectivity index (χ0v) is 10.9. The van der Waals surface area contributed by atoms with E-state index >= 15 is 0 Å². The normalized spacial score (nSPS) is 16.5. The standard InChI is InChI=1S/C14H24N2O/c1-4-5-6-7-12(2)16(3)14(15)13-8-10-17-11-9-13/h4,13,15H,1-2,5-11H2,3H3. The second-order valence-corrected chi connectivity index (χ2v) is 4.58.